The van der Waals surface area contributed by atoms with Crippen molar-refractivity contribution in [3.8, 4) is 11.8 Å². The lowest BCUT2D eigenvalue weighted by Gasteiger charge is -2.06. The minimum Gasteiger partial charge on any atom is -0.478 e. The van der Waals surface area contributed by atoms with Crippen molar-refractivity contribution in [1.82, 2.24) is 0 Å². The fourth-order valence-electron chi connectivity index (χ4n) is 1.06. The number of aliphatic carboxylic acids is 1. The number of carboxylic acid groups (broad SMARTS) is 1. The number of ether oxygens (including phenoxy) is 1. The van der Waals surface area contributed by atoms with Gasteiger partial charge in [0, 0.05) is 6.08 Å². The summed E-state index contributed by atoms with van der Waals surface area (Å²) in [6, 6.07) is 8.78. The molecule has 0 aliphatic carbocycles. The number of nitriles is 1. The smallest absolute Gasteiger partial charge is 0.328 e. The quantitative estimate of drug-likeness (QED) is 0.784. The normalized spacial score (nSPS) is 12.0. The molecule has 0 aliphatic rings. The molecule has 0 saturated carbocycles. The lowest BCUT2D eigenvalue weighted by atomic mass is 10.2. The summed E-state index contributed by atoms with van der Waals surface area (Å²) in [5.41, 5.74) is 0.763. The van der Waals surface area contributed by atoms with E-state index in [1.54, 1.807) is 31.2 Å². The van der Waals surface area contributed by atoms with Gasteiger partial charge < -0.3 is 9.84 Å². The van der Waals surface area contributed by atoms with E-state index in [-0.39, 0.29) is 0 Å². The maximum atomic E-state index is 10.3. The van der Waals surface area contributed by atoms with E-state index >= 15 is 0 Å². The molecule has 1 unspecified atom stereocenters. The van der Waals surface area contributed by atoms with Crippen molar-refractivity contribution in [2.24, 2.45) is 0 Å². The van der Waals surface area contributed by atoms with Crippen LogP contribution in [0.15, 0.2) is 30.3 Å². The van der Waals surface area contributed by atoms with E-state index in [0.717, 1.165) is 11.6 Å². The van der Waals surface area contributed by atoms with Gasteiger partial charge in [0.2, 0.25) is 0 Å². The second-order valence-electron chi connectivity index (χ2n) is 3.13. The Morgan fingerprint density at radius 1 is 1.50 bits per heavy atom. The van der Waals surface area contributed by atoms with Crippen molar-refractivity contribution in [2.75, 3.05) is 0 Å². The molecular weight excluding hydrogens is 206 g/mol. The van der Waals surface area contributed by atoms with E-state index in [2.05, 4.69) is 0 Å². The molecule has 0 bridgehead atoms. The van der Waals surface area contributed by atoms with Gasteiger partial charge in [-0.3, -0.25) is 0 Å². The molecule has 4 nitrogen and oxygen atoms in total. The van der Waals surface area contributed by atoms with E-state index in [1.165, 1.54) is 6.08 Å². The van der Waals surface area contributed by atoms with Crippen molar-refractivity contribution in [3.63, 3.8) is 0 Å². The Morgan fingerprint density at radius 2 is 2.12 bits per heavy atom. The molecule has 1 N–H and O–H groups in total. The SMILES string of the molecule is CC(C#N)Oc1ccc(C=CC(=O)O)cc1. The highest BCUT2D eigenvalue weighted by Gasteiger charge is 2.00. The van der Waals surface area contributed by atoms with Crippen LogP contribution in [-0.4, -0.2) is 17.2 Å². The van der Waals surface area contributed by atoms with Crippen molar-refractivity contribution < 1.29 is 14.6 Å². The minimum atomic E-state index is -0.988. The molecule has 16 heavy (non-hydrogen) atoms. The van der Waals surface area contributed by atoms with Gasteiger partial charge in [0.25, 0.3) is 0 Å². The van der Waals surface area contributed by atoms with Crippen LogP contribution in [0.3, 0.4) is 0 Å². The Bertz CT molecular complexity index is 429. The van der Waals surface area contributed by atoms with Gasteiger partial charge in [-0.1, -0.05) is 12.1 Å². The Labute approximate surface area is 93.4 Å². The van der Waals surface area contributed by atoms with Crippen molar-refractivity contribution >= 4 is 12.0 Å². The number of rotatable bonds is 4. The summed E-state index contributed by atoms with van der Waals surface area (Å²) in [5.74, 6) is -0.403. The van der Waals surface area contributed by atoms with Gasteiger partial charge in [0.05, 0.1) is 0 Å². The predicted molar refractivity (Wildman–Crippen MR) is 58.8 cm³/mol. The monoisotopic (exact) mass is 217 g/mol. The summed E-state index contributed by atoms with van der Waals surface area (Å²) in [4.78, 5) is 10.3. The van der Waals surface area contributed by atoms with E-state index in [9.17, 15) is 4.79 Å². The summed E-state index contributed by atoms with van der Waals surface area (Å²) in [6.45, 7) is 1.65. The van der Waals surface area contributed by atoms with E-state index in [0.29, 0.717) is 5.75 Å². The second-order valence-corrected chi connectivity index (χ2v) is 3.13. The number of carbonyl (C=O) groups is 1. The molecule has 4 heteroatoms. The fraction of sp³-hybridized carbons (Fsp3) is 0.167. The van der Waals surface area contributed by atoms with Gasteiger partial charge >= 0.3 is 5.97 Å². The standard InChI is InChI=1S/C12H11NO3/c1-9(8-13)16-11-5-2-10(3-6-11)4-7-12(14)15/h2-7,9H,1H3,(H,14,15). The van der Waals surface area contributed by atoms with Gasteiger partial charge in [-0.25, -0.2) is 4.79 Å². The molecular formula is C12H11NO3. The fourth-order valence-corrected chi connectivity index (χ4v) is 1.06. The molecule has 0 fully saturated rings. The topological polar surface area (TPSA) is 70.3 Å². The van der Waals surface area contributed by atoms with Gasteiger partial charge in [-0.2, -0.15) is 5.26 Å². The zero-order valence-corrected chi connectivity index (χ0v) is 8.75. The lowest BCUT2D eigenvalue weighted by Crippen LogP contribution is -2.07. The first-order valence-corrected chi connectivity index (χ1v) is 4.69. The Kier molecular flexibility index (Phi) is 4.10. The number of hydrogen-bond acceptors (Lipinski definition) is 3. The molecule has 82 valence electrons. The zero-order chi connectivity index (χ0) is 12.0. The molecule has 0 heterocycles. The highest BCUT2D eigenvalue weighted by molar-refractivity contribution is 5.85. The van der Waals surface area contributed by atoms with Crippen molar-refractivity contribution in [3.05, 3.63) is 35.9 Å². The molecule has 0 spiro atoms. The molecule has 0 amide bonds. The van der Waals surface area contributed by atoms with Crippen LogP contribution < -0.4 is 4.74 Å². The molecule has 1 rings (SSSR count). The van der Waals surface area contributed by atoms with Crippen LogP contribution in [0.2, 0.25) is 0 Å². The first kappa shape index (κ1) is 11.8. The number of hydrogen-bond donors (Lipinski definition) is 1. The van der Waals surface area contributed by atoms with Crippen LogP contribution in [0.5, 0.6) is 5.75 Å². The molecule has 1 atom stereocenters. The van der Waals surface area contributed by atoms with Crippen LogP contribution in [0, 0.1) is 11.3 Å². The van der Waals surface area contributed by atoms with Crippen LogP contribution in [0.4, 0.5) is 0 Å². The van der Waals surface area contributed by atoms with E-state index in [1.807, 2.05) is 6.07 Å². The number of nitrogens with zero attached hydrogens (tertiary/aromatic N) is 1. The summed E-state index contributed by atoms with van der Waals surface area (Å²) in [5, 5.41) is 17.0. The first-order chi connectivity index (χ1) is 7.61. The zero-order valence-electron chi connectivity index (χ0n) is 8.75. The predicted octanol–water partition coefficient (Wildman–Crippen LogP) is 2.08. The number of benzene rings is 1. The second kappa shape index (κ2) is 5.56. The summed E-state index contributed by atoms with van der Waals surface area (Å²) in [6.07, 6.45) is 2.05. The molecule has 0 saturated heterocycles. The van der Waals surface area contributed by atoms with Gasteiger partial charge in [0.15, 0.2) is 6.10 Å². The third-order valence-corrected chi connectivity index (χ3v) is 1.79. The van der Waals surface area contributed by atoms with Crippen LogP contribution >= 0.6 is 0 Å². The maximum absolute atomic E-state index is 10.3. The van der Waals surface area contributed by atoms with Crippen molar-refractivity contribution in [2.45, 2.75) is 13.0 Å². The summed E-state index contributed by atoms with van der Waals surface area (Å²) < 4.78 is 5.24. The molecule has 1 aromatic rings. The number of carboxylic acids is 1. The van der Waals surface area contributed by atoms with Gasteiger partial charge in [0.1, 0.15) is 11.8 Å². The van der Waals surface area contributed by atoms with Gasteiger partial charge in [-0.15, -0.1) is 0 Å². The molecule has 1 aromatic carbocycles. The average molecular weight is 217 g/mol. The average Bonchev–Trinajstić information content (AvgIpc) is 2.28. The third kappa shape index (κ3) is 3.84. The molecule has 0 aliphatic heterocycles. The molecule has 0 aromatic heterocycles. The largest absolute Gasteiger partial charge is 0.478 e. The maximum Gasteiger partial charge on any atom is 0.328 e. The van der Waals surface area contributed by atoms with Crippen LogP contribution in [0.1, 0.15) is 12.5 Å². The highest BCUT2D eigenvalue weighted by Crippen LogP contribution is 2.14. The third-order valence-electron chi connectivity index (χ3n) is 1.79. The van der Waals surface area contributed by atoms with Crippen LogP contribution in [0.25, 0.3) is 6.08 Å². The Hall–Kier alpha value is -2.28. The highest BCUT2D eigenvalue weighted by atomic mass is 16.5. The lowest BCUT2D eigenvalue weighted by molar-refractivity contribution is -0.131. The summed E-state index contributed by atoms with van der Waals surface area (Å²) in [7, 11) is 0. The summed E-state index contributed by atoms with van der Waals surface area (Å²) >= 11 is 0. The minimum absolute atomic E-state index is 0.500. The van der Waals surface area contributed by atoms with Gasteiger partial charge in [-0.05, 0) is 30.7 Å². The first-order valence-electron chi connectivity index (χ1n) is 4.69. The molecule has 0 radical (unpaired) electrons. The van der Waals surface area contributed by atoms with Crippen LogP contribution in [-0.2, 0) is 4.79 Å². The van der Waals surface area contributed by atoms with Crippen molar-refractivity contribution in [1.29, 1.82) is 5.26 Å². The Balaban J connectivity index is 2.69. The van der Waals surface area contributed by atoms with E-state index in [4.69, 9.17) is 15.1 Å². The Morgan fingerprint density at radius 3 is 2.62 bits per heavy atom. The van der Waals surface area contributed by atoms with E-state index < -0.39 is 12.1 Å².